The van der Waals surface area contributed by atoms with Crippen LogP contribution in [-0.4, -0.2) is 26.3 Å². The van der Waals surface area contributed by atoms with Gasteiger partial charge in [-0.2, -0.15) is 0 Å². The summed E-state index contributed by atoms with van der Waals surface area (Å²) in [5.74, 6) is 0. The summed E-state index contributed by atoms with van der Waals surface area (Å²) in [7, 11) is -1.86. The molecule has 102 valence electrons. The maximum absolute atomic E-state index is 12.5. The van der Waals surface area contributed by atoms with Crippen molar-refractivity contribution in [1.82, 2.24) is 4.31 Å². The first-order valence-corrected chi connectivity index (χ1v) is 8.48. The van der Waals surface area contributed by atoms with Crippen molar-refractivity contribution in [2.24, 2.45) is 5.41 Å². The van der Waals surface area contributed by atoms with E-state index in [0.717, 1.165) is 4.47 Å². The first-order valence-electron chi connectivity index (χ1n) is 5.45. The van der Waals surface area contributed by atoms with Gasteiger partial charge >= 0.3 is 0 Å². The van der Waals surface area contributed by atoms with E-state index in [1.165, 1.54) is 4.31 Å². The summed E-state index contributed by atoms with van der Waals surface area (Å²) < 4.78 is 27.6. The van der Waals surface area contributed by atoms with Gasteiger partial charge in [0.05, 0.1) is 4.90 Å². The molecule has 0 fully saturated rings. The highest BCUT2D eigenvalue weighted by Crippen LogP contribution is 2.29. The highest BCUT2D eigenvalue weighted by Gasteiger charge is 2.27. The van der Waals surface area contributed by atoms with E-state index in [1.54, 1.807) is 25.2 Å². The van der Waals surface area contributed by atoms with Crippen molar-refractivity contribution in [1.29, 1.82) is 0 Å². The molecule has 0 spiro atoms. The number of hydrogen-bond donors (Lipinski definition) is 0. The Morgan fingerprint density at radius 2 is 1.78 bits per heavy atom. The van der Waals surface area contributed by atoms with Gasteiger partial charge in [0.15, 0.2) is 0 Å². The van der Waals surface area contributed by atoms with Gasteiger partial charge in [-0.3, -0.25) is 0 Å². The van der Waals surface area contributed by atoms with Gasteiger partial charge in [-0.1, -0.05) is 36.7 Å². The minimum Gasteiger partial charge on any atom is -0.207 e. The smallest absolute Gasteiger partial charge is 0.207 e. The molecule has 0 aliphatic heterocycles. The maximum Gasteiger partial charge on any atom is 0.243 e. The van der Waals surface area contributed by atoms with Crippen LogP contribution in [0.4, 0.5) is 0 Å². The van der Waals surface area contributed by atoms with Crippen LogP contribution in [0.2, 0.25) is 0 Å². The van der Waals surface area contributed by atoms with Gasteiger partial charge in [0, 0.05) is 22.5 Å². The number of sulfonamides is 1. The predicted molar refractivity (Wildman–Crippen MR) is 81.1 cm³/mol. The third-order valence-electron chi connectivity index (χ3n) is 2.28. The Hall–Kier alpha value is 0.0900. The van der Waals surface area contributed by atoms with Crippen LogP contribution in [0.25, 0.3) is 0 Å². The lowest BCUT2D eigenvalue weighted by Gasteiger charge is -2.26. The van der Waals surface area contributed by atoms with Gasteiger partial charge in [0.25, 0.3) is 0 Å². The van der Waals surface area contributed by atoms with Crippen LogP contribution < -0.4 is 0 Å². The maximum atomic E-state index is 12.5. The van der Waals surface area contributed by atoms with Gasteiger partial charge in [-0.05, 0) is 39.5 Å². The number of benzene rings is 1. The minimum absolute atomic E-state index is 0.0830. The van der Waals surface area contributed by atoms with Crippen molar-refractivity contribution in [3.8, 4) is 0 Å². The average Bonchev–Trinajstić information content (AvgIpc) is 2.19. The van der Waals surface area contributed by atoms with Crippen molar-refractivity contribution in [2.45, 2.75) is 25.7 Å². The molecule has 1 rings (SSSR count). The second-order valence-corrected chi connectivity index (χ2v) is 9.18. The Balaban J connectivity index is 3.17. The molecule has 1 aromatic carbocycles. The second-order valence-electron chi connectivity index (χ2n) is 5.40. The van der Waals surface area contributed by atoms with Crippen LogP contribution in [0.1, 0.15) is 20.8 Å². The van der Waals surface area contributed by atoms with E-state index in [2.05, 4.69) is 31.9 Å². The molecular formula is C12H17Br2NO2S. The van der Waals surface area contributed by atoms with Crippen molar-refractivity contribution >= 4 is 41.9 Å². The fourth-order valence-corrected chi connectivity index (χ4v) is 4.45. The molecule has 0 aliphatic rings. The largest absolute Gasteiger partial charge is 0.243 e. The number of nitrogens with zero attached hydrogens (tertiary/aromatic N) is 1. The summed E-state index contributed by atoms with van der Waals surface area (Å²) >= 11 is 6.58. The molecular weight excluding hydrogens is 382 g/mol. The molecule has 0 heterocycles. The highest BCUT2D eigenvalue weighted by atomic mass is 79.9. The third kappa shape index (κ3) is 4.05. The molecule has 0 aliphatic carbocycles. The Morgan fingerprint density at radius 3 is 2.28 bits per heavy atom. The summed E-state index contributed by atoms with van der Waals surface area (Å²) in [5, 5.41) is 0. The molecule has 0 N–H and O–H groups in total. The molecule has 0 radical (unpaired) electrons. The first kappa shape index (κ1) is 16.1. The van der Waals surface area contributed by atoms with E-state index in [1.807, 2.05) is 20.8 Å². The molecule has 0 unspecified atom stereocenters. The second kappa shape index (κ2) is 5.61. The van der Waals surface area contributed by atoms with Crippen LogP contribution >= 0.6 is 31.9 Å². The lowest BCUT2D eigenvalue weighted by atomic mass is 9.97. The monoisotopic (exact) mass is 397 g/mol. The Labute approximate surface area is 126 Å². The van der Waals surface area contributed by atoms with Crippen molar-refractivity contribution < 1.29 is 8.42 Å². The number of rotatable bonds is 3. The highest BCUT2D eigenvalue weighted by molar-refractivity contribution is 9.11. The Kier molecular flexibility index (Phi) is 5.03. The molecule has 1 aromatic rings. The van der Waals surface area contributed by atoms with Crippen molar-refractivity contribution in [2.75, 3.05) is 13.6 Å². The topological polar surface area (TPSA) is 37.4 Å². The average molecular weight is 399 g/mol. The zero-order chi connectivity index (χ0) is 14.1. The van der Waals surface area contributed by atoms with Crippen molar-refractivity contribution in [3.63, 3.8) is 0 Å². The first-order chi connectivity index (χ1) is 8.04. The van der Waals surface area contributed by atoms with E-state index in [4.69, 9.17) is 0 Å². The molecule has 0 amide bonds. The van der Waals surface area contributed by atoms with Crippen LogP contribution in [-0.2, 0) is 10.0 Å². The number of hydrogen-bond acceptors (Lipinski definition) is 2. The molecule has 0 bridgehead atoms. The van der Waals surface area contributed by atoms with E-state index in [9.17, 15) is 8.42 Å². The molecule has 6 heteroatoms. The van der Waals surface area contributed by atoms with E-state index < -0.39 is 10.0 Å². The van der Waals surface area contributed by atoms with Crippen molar-refractivity contribution in [3.05, 3.63) is 27.1 Å². The third-order valence-corrected chi connectivity index (χ3v) is 5.57. The zero-order valence-electron chi connectivity index (χ0n) is 10.9. The molecule has 0 aromatic heterocycles. The Morgan fingerprint density at radius 1 is 1.22 bits per heavy atom. The SMILES string of the molecule is CN(CC(C)(C)C)S(=O)(=O)c1cc(Br)ccc1Br. The lowest BCUT2D eigenvalue weighted by Crippen LogP contribution is -2.34. The van der Waals surface area contributed by atoms with Crippen LogP contribution in [0.15, 0.2) is 32.0 Å². The van der Waals surface area contributed by atoms with E-state index in [-0.39, 0.29) is 10.3 Å². The van der Waals surface area contributed by atoms with Gasteiger partial charge in [0.2, 0.25) is 10.0 Å². The Bertz CT molecular complexity index is 535. The van der Waals surface area contributed by atoms with Gasteiger partial charge in [-0.15, -0.1) is 0 Å². The zero-order valence-corrected chi connectivity index (χ0v) is 14.9. The van der Waals surface area contributed by atoms with Crippen LogP contribution in [0.5, 0.6) is 0 Å². The quantitative estimate of drug-likeness (QED) is 0.774. The standard InChI is InChI=1S/C12H17Br2NO2S/c1-12(2,3)8-15(4)18(16,17)11-7-9(13)5-6-10(11)14/h5-7H,8H2,1-4H3. The van der Waals surface area contributed by atoms with Gasteiger partial charge < -0.3 is 0 Å². The molecule has 0 atom stereocenters. The van der Waals surface area contributed by atoms with Crippen LogP contribution in [0, 0.1) is 5.41 Å². The fraction of sp³-hybridized carbons (Fsp3) is 0.500. The van der Waals surface area contributed by atoms with Gasteiger partial charge in [0.1, 0.15) is 0 Å². The predicted octanol–water partition coefficient (Wildman–Crippen LogP) is 3.88. The van der Waals surface area contributed by atoms with E-state index >= 15 is 0 Å². The summed E-state index contributed by atoms with van der Waals surface area (Å²) in [4.78, 5) is 0.281. The molecule has 0 saturated heterocycles. The summed E-state index contributed by atoms with van der Waals surface area (Å²) in [5.41, 5.74) is -0.0830. The molecule has 18 heavy (non-hydrogen) atoms. The van der Waals surface area contributed by atoms with Gasteiger partial charge in [-0.25, -0.2) is 12.7 Å². The fourth-order valence-electron chi connectivity index (χ4n) is 1.60. The lowest BCUT2D eigenvalue weighted by molar-refractivity contribution is 0.310. The molecule has 0 saturated carbocycles. The van der Waals surface area contributed by atoms with Crippen LogP contribution in [0.3, 0.4) is 0 Å². The summed E-state index contributed by atoms with van der Waals surface area (Å²) in [6.45, 7) is 6.49. The molecule has 3 nitrogen and oxygen atoms in total. The number of halogens is 2. The van der Waals surface area contributed by atoms with E-state index in [0.29, 0.717) is 11.0 Å². The normalized spacial score (nSPS) is 13.1. The summed E-state index contributed by atoms with van der Waals surface area (Å²) in [6.07, 6.45) is 0. The summed E-state index contributed by atoms with van der Waals surface area (Å²) in [6, 6.07) is 5.13. The minimum atomic E-state index is -3.47.